The molecule has 2 atom stereocenters. The van der Waals surface area contributed by atoms with Gasteiger partial charge >= 0.3 is 0 Å². The van der Waals surface area contributed by atoms with Gasteiger partial charge in [0.15, 0.2) is 0 Å². The Bertz CT molecular complexity index is 763. The van der Waals surface area contributed by atoms with Crippen LogP contribution in [0.5, 0.6) is 0 Å². The van der Waals surface area contributed by atoms with Crippen LogP contribution in [0.25, 0.3) is 0 Å². The van der Waals surface area contributed by atoms with E-state index in [-0.39, 0.29) is 10.6 Å². The maximum Gasteiger partial charge on any atom is 0.287 e. The minimum absolute atomic E-state index is 0.250. The van der Waals surface area contributed by atoms with E-state index in [4.69, 9.17) is 23.2 Å². The molecule has 2 unspecified atom stereocenters. The first kappa shape index (κ1) is 17.3. The molecule has 1 fully saturated rings. The van der Waals surface area contributed by atoms with Crippen LogP contribution in [0.3, 0.4) is 0 Å². The van der Waals surface area contributed by atoms with Crippen molar-refractivity contribution in [1.29, 1.82) is 0 Å². The molecule has 0 spiro atoms. The summed E-state index contributed by atoms with van der Waals surface area (Å²) in [6.45, 7) is 6.65. The average molecular weight is 366 g/mol. The Hall–Kier alpha value is -1.52. The fourth-order valence-corrected chi connectivity index (χ4v) is 3.80. The second-order valence-electron chi connectivity index (χ2n) is 6.78. The lowest BCUT2D eigenvalue weighted by Crippen LogP contribution is -2.40. The highest BCUT2D eigenvalue weighted by Crippen LogP contribution is 2.29. The SMILES string of the molecule is CC1CC(C)CN(c2cnn(Cc3ccc(Cl)cc3)c(=O)c2Cl)C1. The molecule has 1 aliphatic heterocycles. The van der Waals surface area contributed by atoms with Gasteiger partial charge in [0.2, 0.25) is 0 Å². The van der Waals surface area contributed by atoms with Crippen LogP contribution >= 0.6 is 23.2 Å². The summed E-state index contributed by atoms with van der Waals surface area (Å²) in [5, 5.41) is 5.24. The van der Waals surface area contributed by atoms with E-state index in [9.17, 15) is 4.79 Å². The van der Waals surface area contributed by atoms with Gasteiger partial charge in [-0.2, -0.15) is 5.10 Å². The second-order valence-corrected chi connectivity index (χ2v) is 7.60. The van der Waals surface area contributed by atoms with Crippen molar-refractivity contribution in [1.82, 2.24) is 9.78 Å². The predicted octanol–water partition coefficient (Wildman–Crippen LogP) is 4.08. The average Bonchev–Trinajstić information content (AvgIpc) is 2.53. The molecule has 1 saturated heterocycles. The van der Waals surface area contributed by atoms with Crippen LogP contribution in [-0.4, -0.2) is 22.9 Å². The largest absolute Gasteiger partial charge is 0.368 e. The highest BCUT2D eigenvalue weighted by atomic mass is 35.5. The number of benzene rings is 1. The van der Waals surface area contributed by atoms with Gasteiger partial charge in [-0.25, -0.2) is 4.68 Å². The topological polar surface area (TPSA) is 38.1 Å². The fourth-order valence-electron chi connectivity index (χ4n) is 3.41. The van der Waals surface area contributed by atoms with Crippen LogP contribution in [0.4, 0.5) is 5.69 Å². The summed E-state index contributed by atoms with van der Waals surface area (Å²) >= 11 is 12.3. The summed E-state index contributed by atoms with van der Waals surface area (Å²) in [5.74, 6) is 1.17. The van der Waals surface area contributed by atoms with Gasteiger partial charge in [0.1, 0.15) is 5.02 Å². The van der Waals surface area contributed by atoms with Crippen LogP contribution in [0.15, 0.2) is 35.3 Å². The molecule has 2 aromatic rings. The highest BCUT2D eigenvalue weighted by molar-refractivity contribution is 6.33. The van der Waals surface area contributed by atoms with Gasteiger partial charge in [-0.05, 0) is 36.0 Å². The number of rotatable bonds is 3. The van der Waals surface area contributed by atoms with E-state index in [1.54, 1.807) is 18.3 Å². The summed E-state index contributed by atoms with van der Waals surface area (Å²) in [6, 6.07) is 7.36. The lowest BCUT2D eigenvalue weighted by molar-refractivity contribution is 0.356. The fraction of sp³-hybridized carbons (Fsp3) is 0.444. The molecule has 1 aromatic heterocycles. The number of piperidine rings is 1. The second kappa shape index (κ2) is 7.16. The third kappa shape index (κ3) is 3.76. The zero-order valence-electron chi connectivity index (χ0n) is 13.9. The van der Waals surface area contributed by atoms with Gasteiger partial charge in [0.25, 0.3) is 5.56 Å². The van der Waals surface area contributed by atoms with Crippen LogP contribution in [0.1, 0.15) is 25.8 Å². The summed E-state index contributed by atoms with van der Waals surface area (Å²) < 4.78 is 1.39. The third-order valence-corrected chi connectivity index (χ3v) is 5.03. The Morgan fingerprint density at radius 2 is 1.75 bits per heavy atom. The van der Waals surface area contributed by atoms with Crippen molar-refractivity contribution in [3.8, 4) is 0 Å². The van der Waals surface area contributed by atoms with Crippen molar-refractivity contribution >= 4 is 28.9 Å². The van der Waals surface area contributed by atoms with Crippen molar-refractivity contribution in [3.63, 3.8) is 0 Å². The van der Waals surface area contributed by atoms with Crippen molar-refractivity contribution in [3.05, 3.63) is 56.4 Å². The molecule has 3 rings (SSSR count). The van der Waals surface area contributed by atoms with E-state index < -0.39 is 0 Å². The van der Waals surface area contributed by atoms with E-state index in [0.29, 0.717) is 23.4 Å². The molecule has 6 heteroatoms. The first-order valence-corrected chi connectivity index (χ1v) is 8.94. The van der Waals surface area contributed by atoms with E-state index >= 15 is 0 Å². The molecule has 0 radical (unpaired) electrons. The van der Waals surface area contributed by atoms with Crippen molar-refractivity contribution < 1.29 is 0 Å². The van der Waals surface area contributed by atoms with Gasteiger partial charge in [0, 0.05) is 18.1 Å². The van der Waals surface area contributed by atoms with Gasteiger partial charge in [0.05, 0.1) is 18.4 Å². The summed E-state index contributed by atoms with van der Waals surface area (Å²) in [4.78, 5) is 14.8. The lowest BCUT2D eigenvalue weighted by atomic mass is 9.92. The number of halogens is 2. The molecular weight excluding hydrogens is 345 g/mol. The molecule has 4 nitrogen and oxygen atoms in total. The molecule has 0 saturated carbocycles. The van der Waals surface area contributed by atoms with Crippen LogP contribution in [0, 0.1) is 11.8 Å². The normalized spacial score (nSPS) is 21.1. The van der Waals surface area contributed by atoms with Crippen molar-refractivity contribution in [2.24, 2.45) is 11.8 Å². The Morgan fingerprint density at radius 3 is 2.38 bits per heavy atom. The Kier molecular flexibility index (Phi) is 5.16. The molecule has 0 bridgehead atoms. The standard InChI is InChI=1S/C18H21Cl2N3O/c1-12-7-13(2)10-22(9-12)16-8-21-23(18(24)17(16)20)11-14-3-5-15(19)6-4-14/h3-6,8,12-13H,7,9-11H2,1-2H3. The Balaban J connectivity index is 1.86. The monoisotopic (exact) mass is 365 g/mol. The predicted molar refractivity (Wildman–Crippen MR) is 99.2 cm³/mol. The number of aromatic nitrogens is 2. The smallest absolute Gasteiger partial charge is 0.287 e. The summed E-state index contributed by atoms with van der Waals surface area (Å²) in [6.07, 6.45) is 2.92. The van der Waals surface area contributed by atoms with E-state index in [0.717, 1.165) is 24.3 Å². The highest BCUT2D eigenvalue weighted by Gasteiger charge is 2.25. The molecule has 0 amide bonds. The number of hydrogen-bond acceptors (Lipinski definition) is 3. The van der Waals surface area contributed by atoms with E-state index in [1.807, 2.05) is 12.1 Å². The first-order chi connectivity index (χ1) is 11.4. The molecular formula is C18H21Cl2N3O. The molecule has 128 valence electrons. The maximum atomic E-state index is 12.6. The summed E-state index contributed by atoms with van der Waals surface area (Å²) in [5.41, 5.74) is 1.44. The minimum atomic E-state index is -0.255. The first-order valence-electron chi connectivity index (χ1n) is 8.19. The van der Waals surface area contributed by atoms with Crippen LogP contribution < -0.4 is 10.5 Å². The molecule has 1 aliphatic rings. The third-order valence-electron chi connectivity index (χ3n) is 4.42. The van der Waals surface area contributed by atoms with Gasteiger partial charge in [-0.15, -0.1) is 0 Å². The maximum absolute atomic E-state index is 12.6. The summed E-state index contributed by atoms with van der Waals surface area (Å²) in [7, 11) is 0. The molecule has 1 aromatic carbocycles. The zero-order chi connectivity index (χ0) is 17.3. The molecule has 0 aliphatic carbocycles. The molecule has 2 heterocycles. The van der Waals surface area contributed by atoms with E-state index in [1.165, 1.54) is 11.1 Å². The number of nitrogens with zero attached hydrogens (tertiary/aromatic N) is 3. The van der Waals surface area contributed by atoms with Crippen LogP contribution in [-0.2, 0) is 6.54 Å². The van der Waals surface area contributed by atoms with Gasteiger partial charge in [-0.1, -0.05) is 49.2 Å². The van der Waals surface area contributed by atoms with E-state index in [2.05, 4.69) is 23.8 Å². The van der Waals surface area contributed by atoms with Gasteiger partial charge < -0.3 is 4.90 Å². The van der Waals surface area contributed by atoms with Crippen molar-refractivity contribution in [2.45, 2.75) is 26.8 Å². The van der Waals surface area contributed by atoms with Crippen molar-refractivity contribution in [2.75, 3.05) is 18.0 Å². The quantitative estimate of drug-likeness (QED) is 0.822. The van der Waals surface area contributed by atoms with Crippen LogP contribution in [0.2, 0.25) is 10.0 Å². The Labute approximate surface area is 152 Å². The lowest BCUT2D eigenvalue weighted by Gasteiger charge is -2.36. The van der Waals surface area contributed by atoms with Gasteiger partial charge in [-0.3, -0.25) is 4.79 Å². The molecule has 24 heavy (non-hydrogen) atoms. The number of anilines is 1. The number of hydrogen-bond donors (Lipinski definition) is 0. The Morgan fingerprint density at radius 1 is 1.12 bits per heavy atom. The molecule has 0 N–H and O–H groups in total. The zero-order valence-corrected chi connectivity index (χ0v) is 15.4. The minimum Gasteiger partial charge on any atom is -0.368 e.